The SMILES string of the molecule is C=C(c1ccccc1CN)C(F)(F)F. The quantitative estimate of drug-likeness (QED) is 0.782. The summed E-state index contributed by atoms with van der Waals surface area (Å²) < 4.78 is 36.9. The number of halogens is 3. The summed E-state index contributed by atoms with van der Waals surface area (Å²) in [4.78, 5) is 0. The van der Waals surface area contributed by atoms with Crippen LogP contribution in [0.1, 0.15) is 11.1 Å². The number of alkyl halides is 3. The molecule has 0 aliphatic heterocycles. The van der Waals surface area contributed by atoms with Gasteiger partial charge in [-0.2, -0.15) is 13.2 Å². The smallest absolute Gasteiger partial charge is 0.326 e. The third-order valence-corrected chi connectivity index (χ3v) is 1.90. The number of hydrogen-bond acceptors (Lipinski definition) is 1. The highest BCUT2D eigenvalue weighted by atomic mass is 19.4. The van der Waals surface area contributed by atoms with Crippen LogP contribution in [0.4, 0.5) is 13.2 Å². The lowest BCUT2D eigenvalue weighted by molar-refractivity contribution is -0.0687. The zero-order valence-corrected chi connectivity index (χ0v) is 7.43. The van der Waals surface area contributed by atoms with E-state index in [1.807, 2.05) is 0 Å². The van der Waals surface area contributed by atoms with Crippen LogP contribution in [0.2, 0.25) is 0 Å². The summed E-state index contributed by atoms with van der Waals surface area (Å²) in [6.07, 6.45) is -4.40. The Balaban J connectivity index is 3.13. The van der Waals surface area contributed by atoms with Gasteiger partial charge in [-0.3, -0.25) is 0 Å². The molecule has 0 bridgehead atoms. The fraction of sp³-hybridized carbons (Fsp3) is 0.200. The standard InChI is InChI=1S/C10H10F3N/c1-7(10(11,12)13)9-5-3-2-4-8(9)6-14/h2-5H,1,6,14H2. The second-order valence-electron chi connectivity index (χ2n) is 2.84. The van der Waals surface area contributed by atoms with E-state index >= 15 is 0 Å². The molecule has 0 atom stereocenters. The summed E-state index contributed by atoms with van der Waals surface area (Å²) in [5.74, 6) is 0. The van der Waals surface area contributed by atoms with E-state index in [2.05, 4.69) is 6.58 Å². The highest BCUT2D eigenvalue weighted by Crippen LogP contribution is 2.33. The molecule has 1 nitrogen and oxygen atoms in total. The largest absolute Gasteiger partial charge is 0.416 e. The molecule has 1 aromatic rings. The van der Waals surface area contributed by atoms with Gasteiger partial charge >= 0.3 is 6.18 Å². The fourth-order valence-corrected chi connectivity index (χ4v) is 1.15. The number of allylic oxidation sites excluding steroid dienone is 1. The molecular weight excluding hydrogens is 191 g/mol. The molecule has 0 spiro atoms. The molecule has 0 amide bonds. The van der Waals surface area contributed by atoms with Crippen molar-refractivity contribution in [3.63, 3.8) is 0 Å². The maximum Gasteiger partial charge on any atom is 0.416 e. The molecule has 0 saturated carbocycles. The molecule has 76 valence electrons. The number of benzene rings is 1. The first-order chi connectivity index (χ1) is 6.46. The molecule has 0 aliphatic carbocycles. The molecule has 2 N–H and O–H groups in total. The Morgan fingerprint density at radius 3 is 2.36 bits per heavy atom. The molecule has 0 radical (unpaired) electrons. The maximum atomic E-state index is 12.3. The lowest BCUT2D eigenvalue weighted by Gasteiger charge is -2.13. The molecule has 4 heteroatoms. The minimum absolute atomic E-state index is 0.0718. The Hall–Kier alpha value is -1.29. The van der Waals surface area contributed by atoms with Gasteiger partial charge in [-0.25, -0.2) is 0 Å². The van der Waals surface area contributed by atoms with Crippen LogP contribution in [0, 0.1) is 0 Å². The number of rotatable bonds is 2. The highest BCUT2D eigenvalue weighted by Gasteiger charge is 2.33. The summed E-state index contributed by atoms with van der Waals surface area (Å²) in [6.45, 7) is 3.10. The van der Waals surface area contributed by atoms with Gasteiger partial charge < -0.3 is 5.73 Å². The monoisotopic (exact) mass is 201 g/mol. The minimum Gasteiger partial charge on any atom is -0.326 e. The average Bonchev–Trinajstić information content (AvgIpc) is 2.15. The summed E-state index contributed by atoms with van der Waals surface area (Å²) in [5, 5.41) is 0. The summed E-state index contributed by atoms with van der Waals surface area (Å²) in [5.41, 5.74) is 5.00. The van der Waals surface area contributed by atoms with Crippen LogP contribution in [-0.2, 0) is 6.54 Å². The van der Waals surface area contributed by atoms with E-state index in [9.17, 15) is 13.2 Å². The molecule has 1 aromatic carbocycles. The van der Waals surface area contributed by atoms with Crippen molar-refractivity contribution in [3.05, 3.63) is 42.0 Å². The van der Waals surface area contributed by atoms with Gasteiger partial charge in [-0.1, -0.05) is 30.8 Å². The van der Waals surface area contributed by atoms with Crippen LogP contribution in [0.15, 0.2) is 30.8 Å². The minimum atomic E-state index is -4.40. The van der Waals surface area contributed by atoms with Crippen molar-refractivity contribution >= 4 is 5.57 Å². The molecule has 0 saturated heterocycles. The van der Waals surface area contributed by atoms with Gasteiger partial charge in [-0.15, -0.1) is 0 Å². The zero-order chi connectivity index (χ0) is 10.8. The Bertz CT molecular complexity index is 341. The third-order valence-electron chi connectivity index (χ3n) is 1.90. The predicted molar refractivity (Wildman–Crippen MR) is 49.4 cm³/mol. The molecule has 0 aliphatic rings. The predicted octanol–water partition coefficient (Wildman–Crippen LogP) is 2.72. The van der Waals surface area contributed by atoms with Gasteiger partial charge in [0.15, 0.2) is 0 Å². The second kappa shape index (κ2) is 3.84. The normalized spacial score (nSPS) is 11.4. The highest BCUT2D eigenvalue weighted by molar-refractivity contribution is 5.69. The van der Waals surface area contributed by atoms with Crippen LogP contribution in [-0.4, -0.2) is 6.18 Å². The molecule has 0 heterocycles. The molecule has 14 heavy (non-hydrogen) atoms. The first-order valence-corrected chi connectivity index (χ1v) is 4.01. The summed E-state index contributed by atoms with van der Waals surface area (Å²) in [7, 11) is 0. The Kier molecular flexibility index (Phi) is 2.96. The third kappa shape index (κ3) is 2.14. The van der Waals surface area contributed by atoms with E-state index in [1.54, 1.807) is 12.1 Å². The van der Waals surface area contributed by atoms with Crippen molar-refractivity contribution in [2.75, 3.05) is 0 Å². The summed E-state index contributed by atoms with van der Waals surface area (Å²) >= 11 is 0. The average molecular weight is 201 g/mol. The van der Waals surface area contributed by atoms with E-state index in [4.69, 9.17) is 5.73 Å². The van der Waals surface area contributed by atoms with Crippen molar-refractivity contribution in [2.45, 2.75) is 12.7 Å². The first kappa shape index (κ1) is 10.8. The lowest BCUT2D eigenvalue weighted by Crippen LogP contribution is -2.12. The first-order valence-electron chi connectivity index (χ1n) is 4.01. The van der Waals surface area contributed by atoms with Crippen molar-refractivity contribution < 1.29 is 13.2 Å². The van der Waals surface area contributed by atoms with Gasteiger partial charge in [0.1, 0.15) is 0 Å². The van der Waals surface area contributed by atoms with Gasteiger partial charge in [0.05, 0.1) is 5.57 Å². The van der Waals surface area contributed by atoms with Crippen LogP contribution in [0.3, 0.4) is 0 Å². The molecule has 0 aromatic heterocycles. The molecule has 0 fully saturated rings. The molecule has 0 unspecified atom stereocenters. The van der Waals surface area contributed by atoms with E-state index < -0.39 is 11.7 Å². The Morgan fingerprint density at radius 1 is 1.29 bits per heavy atom. The van der Waals surface area contributed by atoms with Gasteiger partial charge in [0, 0.05) is 6.54 Å². The molecule has 1 rings (SSSR count). The maximum absolute atomic E-state index is 12.3. The number of hydrogen-bond donors (Lipinski definition) is 1. The second-order valence-corrected chi connectivity index (χ2v) is 2.84. The van der Waals surface area contributed by atoms with E-state index in [0.717, 1.165) is 0 Å². The zero-order valence-electron chi connectivity index (χ0n) is 7.43. The lowest BCUT2D eigenvalue weighted by atomic mass is 10.0. The Labute approximate surface area is 80.0 Å². The van der Waals surface area contributed by atoms with E-state index in [0.29, 0.717) is 5.56 Å². The van der Waals surface area contributed by atoms with Crippen molar-refractivity contribution in [2.24, 2.45) is 5.73 Å². The summed E-state index contributed by atoms with van der Waals surface area (Å²) in [6, 6.07) is 6.12. The van der Waals surface area contributed by atoms with Crippen LogP contribution < -0.4 is 5.73 Å². The topological polar surface area (TPSA) is 26.0 Å². The van der Waals surface area contributed by atoms with E-state index in [1.165, 1.54) is 12.1 Å². The van der Waals surface area contributed by atoms with Crippen LogP contribution in [0.5, 0.6) is 0 Å². The fourth-order valence-electron chi connectivity index (χ4n) is 1.15. The van der Waals surface area contributed by atoms with Crippen molar-refractivity contribution in [1.29, 1.82) is 0 Å². The van der Waals surface area contributed by atoms with Crippen molar-refractivity contribution in [1.82, 2.24) is 0 Å². The van der Waals surface area contributed by atoms with E-state index in [-0.39, 0.29) is 12.1 Å². The van der Waals surface area contributed by atoms with Gasteiger partial charge in [0.25, 0.3) is 0 Å². The van der Waals surface area contributed by atoms with Crippen molar-refractivity contribution in [3.8, 4) is 0 Å². The number of nitrogens with two attached hydrogens (primary N) is 1. The molecular formula is C10H10F3N. The van der Waals surface area contributed by atoms with Crippen LogP contribution in [0.25, 0.3) is 5.57 Å². The van der Waals surface area contributed by atoms with Gasteiger partial charge in [0.2, 0.25) is 0 Å². The van der Waals surface area contributed by atoms with Gasteiger partial charge in [-0.05, 0) is 11.1 Å². The Morgan fingerprint density at radius 2 is 1.86 bits per heavy atom. The van der Waals surface area contributed by atoms with Crippen LogP contribution >= 0.6 is 0 Å².